The lowest BCUT2D eigenvalue weighted by molar-refractivity contribution is -0.0703. The zero-order valence-electron chi connectivity index (χ0n) is 10.8. The number of rotatable bonds is 4. The Morgan fingerprint density at radius 1 is 1.47 bits per heavy atom. The largest absolute Gasteiger partial charge is 0.368 e. The predicted molar refractivity (Wildman–Crippen MR) is 65.1 cm³/mol. The minimum absolute atomic E-state index is 0.00490. The van der Waals surface area contributed by atoms with Gasteiger partial charge in [0.2, 0.25) is 0 Å². The Kier molecular flexibility index (Phi) is 3.62. The molecule has 0 spiro atoms. The Bertz CT molecular complexity index is 233. The van der Waals surface area contributed by atoms with Crippen LogP contribution >= 0.6 is 0 Å². The van der Waals surface area contributed by atoms with E-state index >= 15 is 0 Å². The van der Waals surface area contributed by atoms with Gasteiger partial charge in [-0.2, -0.15) is 0 Å². The third-order valence-electron chi connectivity index (χ3n) is 3.08. The number of ether oxygens (including phenoxy) is 1. The predicted octanol–water partition coefficient (Wildman–Crippen LogP) is 2.89. The molecule has 0 bridgehead atoms. The van der Waals surface area contributed by atoms with Gasteiger partial charge >= 0.3 is 0 Å². The van der Waals surface area contributed by atoms with E-state index in [1.807, 2.05) is 6.08 Å². The molecule has 1 N–H and O–H groups in total. The molecule has 0 aromatic heterocycles. The average molecular weight is 211 g/mol. The van der Waals surface area contributed by atoms with Gasteiger partial charge in [-0.05, 0) is 47.5 Å². The van der Waals surface area contributed by atoms with Crippen LogP contribution in [0.2, 0.25) is 0 Å². The van der Waals surface area contributed by atoms with Gasteiger partial charge in [0.15, 0.2) is 0 Å². The van der Waals surface area contributed by atoms with Gasteiger partial charge in [-0.25, -0.2) is 0 Å². The van der Waals surface area contributed by atoms with Crippen LogP contribution in [0, 0.1) is 0 Å². The Labute approximate surface area is 94.1 Å². The SMILES string of the molecule is C=CCC(C)NC1CC(C)(C)OC1(C)C. The molecule has 0 aromatic rings. The molecule has 0 radical (unpaired) electrons. The molecular weight excluding hydrogens is 186 g/mol. The van der Waals surface area contributed by atoms with E-state index in [4.69, 9.17) is 4.74 Å². The van der Waals surface area contributed by atoms with E-state index in [0.717, 1.165) is 12.8 Å². The van der Waals surface area contributed by atoms with Gasteiger partial charge in [0.1, 0.15) is 0 Å². The first-order valence-corrected chi connectivity index (χ1v) is 5.84. The van der Waals surface area contributed by atoms with E-state index in [1.165, 1.54) is 0 Å². The summed E-state index contributed by atoms with van der Waals surface area (Å²) < 4.78 is 6.04. The molecule has 15 heavy (non-hydrogen) atoms. The van der Waals surface area contributed by atoms with Crippen LogP contribution in [0.4, 0.5) is 0 Å². The van der Waals surface area contributed by atoms with Gasteiger partial charge in [0.25, 0.3) is 0 Å². The van der Waals surface area contributed by atoms with E-state index in [0.29, 0.717) is 12.1 Å². The molecule has 1 fully saturated rings. The summed E-state index contributed by atoms with van der Waals surface area (Å²) in [5.41, 5.74) is -0.0754. The topological polar surface area (TPSA) is 21.3 Å². The molecule has 1 saturated heterocycles. The van der Waals surface area contributed by atoms with Crippen LogP contribution in [-0.4, -0.2) is 23.3 Å². The van der Waals surface area contributed by atoms with Crippen LogP contribution in [0.25, 0.3) is 0 Å². The summed E-state index contributed by atoms with van der Waals surface area (Å²) in [6.45, 7) is 14.6. The van der Waals surface area contributed by atoms with E-state index in [1.54, 1.807) is 0 Å². The molecule has 0 saturated carbocycles. The maximum Gasteiger partial charge on any atom is 0.0787 e. The summed E-state index contributed by atoms with van der Waals surface area (Å²) in [5, 5.41) is 3.63. The third-order valence-corrected chi connectivity index (χ3v) is 3.08. The normalized spacial score (nSPS) is 30.1. The third kappa shape index (κ3) is 3.32. The zero-order valence-corrected chi connectivity index (χ0v) is 10.8. The lowest BCUT2D eigenvalue weighted by Gasteiger charge is -2.29. The average Bonchev–Trinajstić information content (AvgIpc) is 2.19. The smallest absolute Gasteiger partial charge is 0.0787 e. The highest BCUT2D eigenvalue weighted by atomic mass is 16.5. The van der Waals surface area contributed by atoms with E-state index in [9.17, 15) is 0 Å². The molecular formula is C13H25NO. The highest BCUT2D eigenvalue weighted by molar-refractivity contribution is 4.99. The summed E-state index contributed by atoms with van der Waals surface area (Å²) in [4.78, 5) is 0. The second-order valence-electron chi connectivity index (χ2n) is 5.81. The number of nitrogens with one attached hydrogen (secondary N) is 1. The van der Waals surface area contributed by atoms with E-state index < -0.39 is 0 Å². The Hall–Kier alpha value is -0.340. The zero-order chi connectivity index (χ0) is 11.7. The summed E-state index contributed by atoms with van der Waals surface area (Å²) in [6, 6.07) is 0.909. The van der Waals surface area contributed by atoms with Gasteiger partial charge in [-0.15, -0.1) is 6.58 Å². The fraction of sp³-hybridized carbons (Fsp3) is 0.846. The summed E-state index contributed by atoms with van der Waals surface area (Å²) in [6.07, 6.45) is 4.04. The molecule has 0 amide bonds. The molecule has 2 nitrogen and oxygen atoms in total. The first kappa shape index (κ1) is 12.7. The van der Waals surface area contributed by atoms with Gasteiger partial charge in [-0.3, -0.25) is 0 Å². The first-order valence-electron chi connectivity index (χ1n) is 5.84. The van der Waals surface area contributed by atoms with E-state index in [2.05, 4.69) is 46.5 Å². The fourth-order valence-corrected chi connectivity index (χ4v) is 2.48. The van der Waals surface area contributed by atoms with Gasteiger partial charge in [-0.1, -0.05) is 6.08 Å². The monoisotopic (exact) mass is 211 g/mol. The first-order chi connectivity index (χ1) is 6.77. The summed E-state index contributed by atoms with van der Waals surface area (Å²) in [5.74, 6) is 0. The maximum absolute atomic E-state index is 6.04. The second-order valence-corrected chi connectivity index (χ2v) is 5.81. The number of hydrogen-bond acceptors (Lipinski definition) is 2. The van der Waals surface area contributed by atoms with Crippen LogP contribution in [0.1, 0.15) is 47.5 Å². The van der Waals surface area contributed by atoms with Gasteiger partial charge < -0.3 is 10.1 Å². The molecule has 1 rings (SSSR count). The minimum atomic E-state index is -0.0705. The van der Waals surface area contributed by atoms with Gasteiger partial charge in [0.05, 0.1) is 11.2 Å². The van der Waals surface area contributed by atoms with E-state index in [-0.39, 0.29) is 11.2 Å². The van der Waals surface area contributed by atoms with Crippen molar-refractivity contribution in [3.05, 3.63) is 12.7 Å². The summed E-state index contributed by atoms with van der Waals surface area (Å²) in [7, 11) is 0. The van der Waals surface area contributed by atoms with Crippen molar-refractivity contribution in [2.75, 3.05) is 0 Å². The highest BCUT2D eigenvalue weighted by Gasteiger charge is 2.45. The van der Waals surface area contributed by atoms with Crippen molar-refractivity contribution in [1.82, 2.24) is 5.32 Å². The Morgan fingerprint density at radius 2 is 2.07 bits per heavy atom. The summed E-state index contributed by atoms with van der Waals surface area (Å²) >= 11 is 0. The molecule has 1 heterocycles. The van der Waals surface area contributed by atoms with Crippen LogP contribution in [-0.2, 0) is 4.74 Å². The molecule has 2 atom stereocenters. The van der Waals surface area contributed by atoms with Crippen molar-refractivity contribution in [1.29, 1.82) is 0 Å². The molecule has 0 aliphatic carbocycles. The second kappa shape index (κ2) is 4.26. The molecule has 0 aromatic carbocycles. The van der Waals surface area contributed by atoms with Crippen LogP contribution in [0.15, 0.2) is 12.7 Å². The molecule has 2 unspecified atom stereocenters. The molecule has 88 valence electrons. The van der Waals surface area contributed by atoms with Crippen molar-refractivity contribution in [3.8, 4) is 0 Å². The molecule has 1 aliphatic rings. The van der Waals surface area contributed by atoms with Crippen molar-refractivity contribution in [3.63, 3.8) is 0 Å². The molecule has 1 aliphatic heterocycles. The fourth-order valence-electron chi connectivity index (χ4n) is 2.48. The van der Waals surface area contributed by atoms with Crippen molar-refractivity contribution >= 4 is 0 Å². The maximum atomic E-state index is 6.04. The van der Waals surface area contributed by atoms with Crippen molar-refractivity contribution < 1.29 is 4.74 Å². The van der Waals surface area contributed by atoms with Crippen LogP contribution in [0.3, 0.4) is 0 Å². The van der Waals surface area contributed by atoms with Crippen molar-refractivity contribution in [2.45, 2.75) is 70.7 Å². The lowest BCUT2D eigenvalue weighted by Crippen LogP contribution is -2.46. The lowest BCUT2D eigenvalue weighted by atomic mass is 9.93. The molecule has 2 heteroatoms. The Balaban J connectivity index is 2.58. The quantitative estimate of drug-likeness (QED) is 0.722. The van der Waals surface area contributed by atoms with Crippen molar-refractivity contribution in [2.24, 2.45) is 0 Å². The highest BCUT2D eigenvalue weighted by Crippen LogP contribution is 2.37. The standard InChI is InChI=1S/C13H25NO/c1-7-8-10(2)14-11-9-12(3,4)15-13(11,5)6/h7,10-11,14H,1,8-9H2,2-6H3. The Morgan fingerprint density at radius 3 is 2.47 bits per heavy atom. The van der Waals surface area contributed by atoms with Crippen LogP contribution in [0.5, 0.6) is 0 Å². The number of hydrogen-bond donors (Lipinski definition) is 1. The minimum Gasteiger partial charge on any atom is -0.368 e. The van der Waals surface area contributed by atoms with Gasteiger partial charge in [0, 0.05) is 12.1 Å². The van der Waals surface area contributed by atoms with Crippen LogP contribution < -0.4 is 5.32 Å².